The topological polar surface area (TPSA) is 84.0 Å². The minimum atomic E-state index is -5.74. The first-order valence-corrected chi connectivity index (χ1v) is 24.0. The van der Waals surface area contributed by atoms with E-state index in [2.05, 4.69) is 30.0 Å². The molecule has 4 aliphatic rings. The number of benzene rings is 4. The second-order valence-corrected chi connectivity index (χ2v) is 24.0. The molecule has 0 N–H and O–H groups in total. The summed E-state index contributed by atoms with van der Waals surface area (Å²) in [6.45, 7) is 0. The summed E-state index contributed by atoms with van der Waals surface area (Å²) in [4.78, 5) is 27.0. The summed E-state index contributed by atoms with van der Waals surface area (Å²) in [5.41, 5.74) is -6.13. The summed E-state index contributed by atoms with van der Waals surface area (Å²) in [5, 5.41) is -0.944. The number of amidine groups is 4. The molecule has 0 saturated heterocycles. The first kappa shape index (κ1) is 37.8. The standard InChI is InChI=1S/C36H12Cl2F12GeN8/c37-51(38)58-29-19-7-3-15(35(45,46)47)11-23(19)31(58)55-26-18-6-2-14(34(42,43)44)10-22(18)28(53-26)57-32-24-12-16(36(48,49)50)4-8-20(24)30(59(32)51)56-27-21-9-13(33(39,40)41)1-5-17(21)25(52-27)54-29/h1-12H. The van der Waals surface area contributed by atoms with E-state index < -0.39 is 87.6 Å². The predicted octanol–water partition coefficient (Wildman–Crippen LogP) is 9.92. The summed E-state index contributed by atoms with van der Waals surface area (Å²) < 4.78 is 172. The van der Waals surface area contributed by atoms with Crippen molar-refractivity contribution >= 4 is 88.4 Å². The number of aliphatic imine (C=N–C) groups is 4. The van der Waals surface area contributed by atoms with Crippen LogP contribution < -0.4 is 11.0 Å². The van der Waals surface area contributed by atoms with Crippen LogP contribution in [-0.4, -0.2) is 42.2 Å². The average molecular weight is 928 g/mol. The number of alkyl halides is 12. The molecule has 2 aromatic heterocycles. The summed E-state index contributed by atoms with van der Waals surface area (Å²) in [6.07, 6.45) is -19.7. The SMILES string of the molecule is FC(F)(F)c1ccc2c(c1)C1=Nc3c4ccc(C(F)(F)F)cc4c4[n]3[Ge]([Cl])([Cl])[n]3c(c5ccc(C(F)(F)F)cc5c3=NC3=NC(=N4)c4cc(C(F)(F)F)ccc43)=NC2=N1. The van der Waals surface area contributed by atoms with E-state index in [0.29, 0.717) is 36.4 Å². The Balaban J connectivity index is 1.46. The van der Waals surface area contributed by atoms with Gasteiger partial charge in [-0.15, -0.1) is 0 Å². The Morgan fingerprint density at radius 2 is 0.746 bits per heavy atom. The fraction of sp³-hybridized carbons (Fsp3) is 0.111. The molecule has 4 aliphatic heterocycles. The monoisotopic (exact) mass is 928 g/mol. The van der Waals surface area contributed by atoms with Crippen molar-refractivity contribution in [1.29, 1.82) is 0 Å². The molecule has 59 heavy (non-hydrogen) atoms. The molecule has 0 spiro atoms. The Kier molecular flexibility index (Phi) is 7.58. The van der Waals surface area contributed by atoms with Crippen molar-refractivity contribution in [2.75, 3.05) is 0 Å². The number of fused-ring (bicyclic) bond motifs is 14. The quantitative estimate of drug-likeness (QED) is 0.107. The molecule has 0 aliphatic carbocycles. The zero-order valence-corrected chi connectivity index (χ0v) is 31.9. The van der Waals surface area contributed by atoms with E-state index in [9.17, 15) is 52.7 Å². The zero-order valence-electron chi connectivity index (χ0n) is 28.3. The fourth-order valence-corrected chi connectivity index (χ4v) is 14.6. The zero-order chi connectivity index (χ0) is 41.9. The third kappa shape index (κ3) is 5.61. The Morgan fingerprint density at radius 1 is 0.373 bits per heavy atom. The molecule has 0 radical (unpaired) electrons. The van der Waals surface area contributed by atoms with E-state index in [1.807, 2.05) is 0 Å². The number of hydrogen-bond acceptors (Lipinski definition) is 6. The van der Waals surface area contributed by atoms with Gasteiger partial charge in [0.25, 0.3) is 0 Å². The molecule has 6 aromatic rings. The Bertz CT molecular complexity index is 3200. The van der Waals surface area contributed by atoms with Gasteiger partial charge in [-0.1, -0.05) is 0 Å². The van der Waals surface area contributed by atoms with Crippen LogP contribution in [0.1, 0.15) is 44.5 Å². The second kappa shape index (κ2) is 11.8. The summed E-state index contributed by atoms with van der Waals surface area (Å²) in [6, 6.07) is 9.63. The molecule has 0 atom stereocenters. The van der Waals surface area contributed by atoms with Crippen LogP contribution in [0.4, 0.5) is 64.3 Å². The van der Waals surface area contributed by atoms with Crippen molar-refractivity contribution in [2.45, 2.75) is 24.7 Å². The van der Waals surface area contributed by atoms with Gasteiger partial charge >= 0.3 is 331 Å². The Labute approximate surface area is 330 Å². The third-order valence-electron chi connectivity index (χ3n) is 9.97. The van der Waals surface area contributed by atoms with Gasteiger partial charge in [0.2, 0.25) is 0 Å². The van der Waals surface area contributed by atoms with Crippen LogP contribution in [0.3, 0.4) is 0 Å². The van der Waals surface area contributed by atoms with Gasteiger partial charge in [-0.05, 0) is 0 Å². The summed E-state index contributed by atoms with van der Waals surface area (Å²) in [7, 11) is 15.0. The van der Waals surface area contributed by atoms with Crippen molar-refractivity contribution in [3.8, 4) is 0 Å². The number of nitrogens with zero attached hydrogens (tertiary/aromatic N) is 8. The van der Waals surface area contributed by atoms with E-state index in [-0.39, 0.29) is 61.0 Å². The van der Waals surface area contributed by atoms with Crippen LogP contribution >= 0.6 is 20.0 Å². The number of rotatable bonds is 0. The number of hydrogen-bond donors (Lipinski definition) is 0. The first-order chi connectivity index (χ1) is 27.5. The van der Waals surface area contributed by atoms with Crippen molar-refractivity contribution in [2.24, 2.45) is 30.0 Å². The van der Waals surface area contributed by atoms with Crippen LogP contribution in [0.2, 0.25) is 0 Å². The van der Waals surface area contributed by atoms with Gasteiger partial charge in [-0.25, -0.2) is 0 Å². The van der Waals surface area contributed by atoms with Crippen LogP contribution in [0.25, 0.3) is 21.5 Å². The minimum absolute atomic E-state index is 0.0171. The van der Waals surface area contributed by atoms with Gasteiger partial charge in [0.05, 0.1) is 0 Å². The fourth-order valence-electron chi connectivity index (χ4n) is 7.32. The van der Waals surface area contributed by atoms with E-state index in [4.69, 9.17) is 20.0 Å². The van der Waals surface area contributed by atoms with Gasteiger partial charge in [0.1, 0.15) is 0 Å². The average Bonchev–Trinajstić information content (AvgIpc) is 3.85. The summed E-state index contributed by atoms with van der Waals surface area (Å²) >= 11 is -5.74. The molecule has 0 amide bonds. The molecule has 23 heteroatoms. The number of halogens is 14. The molecule has 8 nitrogen and oxygen atoms in total. The van der Waals surface area contributed by atoms with E-state index in [1.54, 1.807) is 0 Å². The Hall–Kier alpha value is -5.48. The normalized spacial score (nSPS) is 16.8. The molecule has 0 fully saturated rings. The maximum absolute atomic E-state index is 14.3. The van der Waals surface area contributed by atoms with Crippen LogP contribution in [-0.2, 0) is 24.7 Å². The van der Waals surface area contributed by atoms with Gasteiger partial charge in [0.15, 0.2) is 0 Å². The van der Waals surface area contributed by atoms with E-state index in [1.165, 1.54) is 0 Å². The van der Waals surface area contributed by atoms with E-state index >= 15 is 0 Å². The predicted molar refractivity (Wildman–Crippen MR) is 193 cm³/mol. The molecule has 6 heterocycles. The molecule has 0 saturated carbocycles. The molecule has 298 valence electrons. The van der Waals surface area contributed by atoms with Crippen LogP contribution in [0.15, 0.2) is 103 Å². The van der Waals surface area contributed by atoms with Gasteiger partial charge in [0, 0.05) is 0 Å². The number of aromatic nitrogens is 2. The molecule has 10 rings (SSSR count). The van der Waals surface area contributed by atoms with Gasteiger partial charge < -0.3 is 0 Å². The van der Waals surface area contributed by atoms with Crippen molar-refractivity contribution in [3.63, 3.8) is 0 Å². The molecular weight excluding hydrogens is 916 g/mol. The molecular formula is C36H12Cl2F12GeN8. The van der Waals surface area contributed by atoms with Gasteiger partial charge in [-0.3, -0.25) is 0 Å². The summed E-state index contributed by atoms with van der Waals surface area (Å²) in [5.74, 6) is -2.55. The van der Waals surface area contributed by atoms with Crippen molar-refractivity contribution in [1.82, 2.24) is 7.05 Å². The second-order valence-electron chi connectivity index (χ2n) is 13.5. The third-order valence-corrected chi connectivity index (χ3v) is 17.5. The maximum atomic E-state index is 14.3. The molecule has 0 unspecified atom stereocenters. The Morgan fingerprint density at radius 3 is 1.22 bits per heavy atom. The molecule has 4 aromatic carbocycles. The van der Waals surface area contributed by atoms with Gasteiger partial charge in [-0.2, -0.15) is 0 Å². The van der Waals surface area contributed by atoms with Crippen LogP contribution in [0, 0.1) is 0 Å². The van der Waals surface area contributed by atoms with E-state index in [0.717, 1.165) is 43.4 Å². The van der Waals surface area contributed by atoms with Crippen molar-refractivity contribution < 1.29 is 52.7 Å². The first-order valence-electron chi connectivity index (χ1n) is 16.6. The van der Waals surface area contributed by atoms with Crippen molar-refractivity contribution in [3.05, 3.63) is 128 Å². The molecule has 6 bridgehead atoms. The van der Waals surface area contributed by atoms with Crippen LogP contribution in [0.5, 0.6) is 0 Å².